The molecule has 1 amide bonds. The van der Waals surface area contributed by atoms with Crippen LogP contribution >= 0.6 is 11.6 Å². The van der Waals surface area contributed by atoms with Gasteiger partial charge in [-0.1, -0.05) is 17.7 Å². The van der Waals surface area contributed by atoms with Gasteiger partial charge in [0.05, 0.1) is 11.1 Å². The summed E-state index contributed by atoms with van der Waals surface area (Å²) in [5.74, 6) is -3.86. The molecule has 0 radical (unpaired) electrons. The van der Waals surface area contributed by atoms with E-state index in [-0.39, 0.29) is 18.1 Å². The molecule has 0 spiro atoms. The van der Waals surface area contributed by atoms with Gasteiger partial charge in [-0.3, -0.25) is 9.36 Å². The molecule has 1 N–H and O–H groups in total. The van der Waals surface area contributed by atoms with Gasteiger partial charge in [0, 0.05) is 19.4 Å². The minimum Gasteiger partial charge on any atom is -0.350 e. The van der Waals surface area contributed by atoms with Crippen LogP contribution in [0.1, 0.15) is 24.4 Å². The number of carbonyl (C=O) groups is 1. The summed E-state index contributed by atoms with van der Waals surface area (Å²) < 4.78 is 41.1. The number of halogens is 4. The summed E-state index contributed by atoms with van der Waals surface area (Å²) >= 11 is 5.57. The number of rotatable bonds is 5. The van der Waals surface area contributed by atoms with Gasteiger partial charge in [0.25, 0.3) is 5.92 Å². The lowest BCUT2D eigenvalue weighted by Crippen LogP contribution is -2.42. The molecule has 25 heavy (non-hydrogen) atoms. The standard InChI is InChI=1S/C15H14ClF3N4O2/c16-11-2-1-9(3-12(11)17)6-20-13(24)7-23-14(25)22(8-21-23)10-4-15(18,19)5-10/h1-3,8,10H,4-7H2,(H,20,24). The highest BCUT2D eigenvalue weighted by Gasteiger charge is 2.47. The Hall–Kier alpha value is -2.29. The van der Waals surface area contributed by atoms with E-state index in [1.165, 1.54) is 12.1 Å². The summed E-state index contributed by atoms with van der Waals surface area (Å²) in [5.41, 5.74) is -0.113. The first kappa shape index (κ1) is 17.5. The quantitative estimate of drug-likeness (QED) is 0.871. The average Bonchev–Trinajstić information content (AvgIpc) is 2.87. The number of nitrogens with zero attached hydrogens (tertiary/aromatic N) is 3. The van der Waals surface area contributed by atoms with Crippen LogP contribution in [0.25, 0.3) is 0 Å². The maximum Gasteiger partial charge on any atom is 0.346 e. The number of hydrogen-bond donors (Lipinski definition) is 1. The number of nitrogens with one attached hydrogen (secondary N) is 1. The molecule has 0 atom stereocenters. The van der Waals surface area contributed by atoms with Crippen molar-refractivity contribution in [1.82, 2.24) is 19.7 Å². The van der Waals surface area contributed by atoms with Crippen LogP contribution in [0.3, 0.4) is 0 Å². The van der Waals surface area contributed by atoms with Crippen LogP contribution in [0.2, 0.25) is 5.02 Å². The lowest BCUT2D eigenvalue weighted by atomic mass is 9.88. The van der Waals surface area contributed by atoms with Crippen molar-refractivity contribution in [2.45, 2.75) is 37.9 Å². The highest BCUT2D eigenvalue weighted by Crippen LogP contribution is 2.44. The normalized spacial score (nSPS) is 16.5. The molecule has 1 heterocycles. The van der Waals surface area contributed by atoms with Crippen LogP contribution in [0.15, 0.2) is 29.3 Å². The molecule has 134 valence electrons. The largest absolute Gasteiger partial charge is 0.350 e. The molecule has 0 unspecified atom stereocenters. The van der Waals surface area contributed by atoms with Crippen molar-refractivity contribution in [3.8, 4) is 0 Å². The molecular weight excluding hydrogens is 361 g/mol. The van der Waals surface area contributed by atoms with Crippen molar-refractivity contribution in [1.29, 1.82) is 0 Å². The van der Waals surface area contributed by atoms with Gasteiger partial charge in [-0.15, -0.1) is 0 Å². The molecule has 2 aromatic rings. The van der Waals surface area contributed by atoms with Crippen molar-refractivity contribution in [3.63, 3.8) is 0 Å². The Labute approximate surface area is 145 Å². The van der Waals surface area contributed by atoms with Crippen LogP contribution in [0.4, 0.5) is 13.2 Å². The van der Waals surface area contributed by atoms with Crippen LogP contribution < -0.4 is 11.0 Å². The average molecular weight is 375 g/mol. The second kappa shape index (κ2) is 6.55. The number of alkyl halides is 2. The highest BCUT2D eigenvalue weighted by atomic mass is 35.5. The summed E-state index contributed by atoms with van der Waals surface area (Å²) in [6.45, 7) is -0.303. The molecule has 1 aliphatic rings. The Balaban J connectivity index is 1.57. The van der Waals surface area contributed by atoms with Gasteiger partial charge >= 0.3 is 5.69 Å². The lowest BCUT2D eigenvalue weighted by Gasteiger charge is -2.34. The third kappa shape index (κ3) is 3.87. The fourth-order valence-corrected chi connectivity index (χ4v) is 2.70. The van der Waals surface area contributed by atoms with E-state index in [4.69, 9.17) is 11.6 Å². The summed E-state index contributed by atoms with van der Waals surface area (Å²) in [5, 5.41) is 6.27. The molecule has 3 rings (SSSR count). The third-order valence-electron chi connectivity index (χ3n) is 3.99. The van der Waals surface area contributed by atoms with Crippen molar-refractivity contribution >= 4 is 17.5 Å². The Morgan fingerprint density at radius 2 is 2.12 bits per heavy atom. The van der Waals surface area contributed by atoms with E-state index in [0.717, 1.165) is 15.6 Å². The summed E-state index contributed by atoms with van der Waals surface area (Å²) in [4.78, 5) is 24.0. The maximum absolute atomic E-state index is 13.3. The van der Waals surface area contributed by atoms with Crippen LogP contribution in [0, 0.1) is 5.82 Å². The van der Waals surface area contributed by atoms with Gasteiger partial charge in [-0.2, -0.15) is 5.10 Å². The molecule has 10 heteroatoms. The molecule has 6 nitrogen and oxygen atoms in total. The zero-order chi connectivity index (χ0) is 18.2. The maximum atomic E-state index is 13.3. The number of aromatic nitrogens is 3. The molecule has 0 saturated heterocycles. The van der Waals surface area contributed by atoms with E-state index < -0.39 is 42.2 Å². The molecule has 0 bridgehead atoms. The second-order valence-corrected chi connectivity index (χ2v) is 6.33. The predicted molar refractivity (Wildman–Crippen MR) is 83.0 cm³/mol. The first-order valence-electron chi connectivity index (χ1n) is 7.47. The zero-order valence-corrected chi connectivity index (χ0v) is 13.6. The number of carbonyl (C=O) groups excluding carboxylic acids is 1. The van der Waals surface area contributed by atoms with E-state index >= 15 is 0 Å². The van der Waals surface area contributed by atoms with E-state index in [1.54, 1.807) is 6.07 Å². The minimum atomic E-state index is -2.75. The SMILES string of the molecule is O=C(Cn1ncn(C2CC(F)(F)C2)c1=O)NCc1ccc(Cl)c(F)c1. The topological polar surface area (TPSA) is 68.9 Å². The van der Waals surface area contributed by atoms with Crippen LogP contribution in [0.5, 0.6) is 0 Å². The van der Waals surface area contributed by atoms with Crippen LogP contribution in [-0.2, 0) is 17.9 Å². The van der Waals surface area contributed by atoms with E-state index in [0.29, 0.717) is 5.56 Å². The van der Waals surface area contributed by atoms with Crippen molar-refractivity contribution in [2.75, 3.05) is 0 Å². The Morgan fingerprint density at radius 3 is 2.76 bits per heavy atom. The Bertz CT molecular complexity index is 857. The molecule has 1 aromatic heterocycles. The van der Waals surface area contributed by atoms with Gasteiger partial charge in [-0.25, -0.2) is 22.6 Å². The number of amides is 1. The fraction of sp³-hybridized carbons (Fsp3) is 0.400. The fourth-order valence-electron chi connectivity index (χ4n) is 2.58. The number of benzene rings is 1. The zero-order valence-electron chi connectivity index (χ0n) is 12.9. The van der Waals surface area contributed by atoms with Gasteiger partial charge in [0.1, 0.15) is 18.7 Å². The molecule has 1 fully saturated rings. The third-order valence-corrected chi connectivity index (χ3v) is 4.29. The Kier molecular flexibility index (Phi) is 4.59. The first-order valence-corrected chi connectivity index (χ1v) is 7.85. The van der Waals surface area contributed by atoms with Crippen molar-refractivity contribution in [2.24, 2.45) is 0 Å². The number of hydrogen-bond acceptors (Lipinski definition) is 3. The van der Waals surface area contributed by atoms with Crippen molar-refractivity contribution < 1.29 is 18.0 Å². The molecule has 1 aromatic carbocycles. The first-order chi connectivity index (χ1) is 11.7. The van der Waals surface area contributed by atoms with E-state index in [1.807, 2.05) is 0 Å². The summed E-state index contributed by atoms with van der Waals surface area (Å²) in [6, 6.07) is 3.53. The van der Waals surface area contributed by atoms with E-state index in [2.05, 4.69) is 10.4 Å². The second-order valence-electron chi connectivity index (χ2n) is 5.92. The van der Waals surface area contributed by atoms with Crippen molar-refractivity contribution in [3.05, 3.63) is 51.4 Å². The molecular formula is C15H14ClF3N4O2. The highest BCUT2D eigenvalue weighted by molar-refractivity contribution is 6.30. The van der Waals surface area contributed by atoms with Crippen LogP contribution in [-0.4, -0.2) is 26.2 Å². The van der Waals surface area contributed by atoms with Gasteiger partial charge in [-0.05, 0) is 17.7 Å². The lowest BCUT2D eigenvalue weighted by molar-refractivity contribution is -0.122. The van der Waals surface area contributed by atoms with Gasteiger partial charge in [0.2, 0.25) is 5.91 Å². The Morgan fingerprint density at radius 1 is 1.40 bits per heavy atom. The van der Waals surface area contributed by atoms with Gasteiger partial charge < -0.3 is 5.32 Å². The van der Waals surface area contributed by atoms with E-state index in [9.17, 15) is 22.8 Å². The minimum absolute atomic E-state index is 0.0197. The summed E-state index contributed by atoms with van der Waals surface area (Å²) in [6.07, 6.45) is 0.337. The molecule has 0 aliphatic heterocycles. The molecule has 1 aliphatic carbocycles. The van der Waals surface area contributed by atoms with Gasteiger partial charge in [0.15, 0.2) is 0 Å². The monoisotopic (exact) mass is 374 g/mol. The smallest absolute Gasteiger partial charge is 0.346 e. The predicted octanol–water partition coefficient (Wildman–Crippen LogP) is 2.12. The summed E-state index contributed by atoms with van der Waals surface area (Å²) in [7, 11) is 0. The molecule has 1 saturated carbocycles.